The van der Waals surface area contributed by atoms with Crippen LogP contribution in [0.5, 0.6) is 0 Å². The second-order valence-corrected chi connectivity index (χ2v) is 5.37. The van der Waals surface area contributed by atoms with Gasteiger partial charge in [-0.05, 0) is 16.8 Å². The van der Waals surface area contributed by atoms with E-state index in [0.717, 1.165) is 27.5 Å². The molecule has 1 N–H and O–H groups in total. The molecule has 0 saturated heterocycles. The Kier molecular flexibility index (Phi) is 3.58. The van der Waals surface area contributed by atoms with E-state index in [0.29, 0.717) is 5.56 Å². The number of hydrogen-bond donors (Lipinski definition) is 1. The summed E-state index contributed by atoms with van der Waals surface area (Å²) >= 11 is 0.742. The number of amides is 1. The Hall–Kier alpha value is -2.41. The minimum absolute atomic E-state index is 0.0785. The zero-order valence-corrected chi connectivity index (χ0v) is 11.8. The first-order valence-corrected chi connectivity index (χ1v) is 7.15. The zero-order valence-electron chi connectivity index (χ0n) is 11.0. The SMILES string of the molecule is O=C(Nc1nc(C(F)(F)F)cs1)c1cccc2ccccc12. The van der Waals surface area contributed by atoms with E-state index < -0.39 is 17.8 Å². The Labute approximate surface area is 127 Å². The van der Waals surface area contributed by atoms with Crippen LogP contribution < -0.4 is 5.32 Å². The van der Waals surface area contributed by atoms with Gasteiger partial charge in [0.2, 0.25) is 0 Å². The molecule has 7 heteroatoms. The summed E-state index contributed by atoms with van der Waals surface area (Å²) in [4.78, 5) is 15.6. The van der Waals surface area contributed by atoms with Gasteiger partial charge in [-0.1, -0.05) is 36.4 Å². The molecule has 0 saturated carbocycles. The molecule has 0 radical (unpaired) electrons. The number of aromatic nitrogens is 1. The summed E-state index contributed by atoms with van der Waals surface area (Å²) in [6.45, 7) is 0. The van der Waals surface area contributed by atoms with Crippen molar-refractivity contribution in [1.29, 1.82) is 0 Å². The average Bonchev–Trinajstić information content (AvgIpc) is 2.95. The van der Waals surface area contributed by atoms with E-state index in [9.17, 15) is 18.0 Å². The van der Waals surface area contributed by atoms with E-state index >= 15 is 0 Å². The number of nitrogens with one attached hydrogen (secondary N) is 1. The summed E-state index contributed by atoms with van der Waals surface area (Å²) in [6.07, 6.45) is -4.51. The molecule has 1 heterocycles. The van der Waals surface area contributed by atoms with Crippen molar-refractivity contribution in [3.05, 3.63) is 59.1 Å². The number of fused-ring (bicyclic) bond motifs is 1. The highest BCUT2D eigenvalue weighted by molar-refractivity contribution is 7.14. The average molecular weight is 322 g/mol. The van der Waals surface area contributed by atoms with Crippen LogP contribution in [0.15, 0.2) is 47.8 Å². The number of anilines is 1. The highest BCUT2D eigenvalue weighted by Gasteiger charge is 2.33. The lowest BCUT2D eigenvalue weighted by Crippen LogP contribution is -2.13. The molecule has 3 aromatic rings. The second-order valence-electron chi connectivity index (χ2n) is 4.52. The van der Waals surface area contributed by atoms with E-state index in [2.05, 4.69) is 10.3 Å². The summed E-state index contributed by atoms with van der Waals surface area (Å²) in [5.41, 5.74) is -0.618. The van der Waals surface area contributed by atoms with Gasteiger partial charge in [0.05, 0.1) is 0 Å². The molecule has 2 aromatic carbocycles. The highest BCUT2D eigenvalue weighted by Crippen LogP contribution is 2.32. The smallest absolute Gasteiger partial charge is 0.298 e. The van der Waals surface area contributed by atoms with Gasteiger partial charge in [-0.15, -0.1) is 11.3 Å². The van der Waals surface area contributed by atoms with Gasteiger partial charge in [-0.25, -0.2) is 4.98 Å². The summed E-state index contributed by atoms with van der Waals surface area (Å²) in [5, 5.41) is 4.82. The van der Waals surface area contributed by atoms with E-state index in [1.54, 1.807) is 24.3 Å². The third kappa shape index (κ3) is 2.80. The molecule has 112 valence electrons. The monoisotopic (exact) mass is 322 g/mol. The van der Waals surface area contributed by atoms with Gasteiger partial charge in [0.1, 0.15) is 0 Å². The fourth-order valence-electron chi connectivity index (χ4n) is 2.05. The standard InChI is InChI=1S/C15H9F3N2OS/c16-15(17,18)12-8-22-14(19-12)20-13(21)11-7-3-5-9-4-1-2-6-10(9)11/h1-8H,(H,19,20,21). The zero-order chi connectivity index (χ0) is 15.7. The summed E-state index contributed by atoms with van der Waals surface area (Å²) in [7, 11) is 0. The number of benzene rings is 2. The minimum Gasteiger partial charge on any atom is -0.298 e. The highest BCUT2D eigenvalue weighted by atomic mass is 32.1. The second kappa shape index (κ2) is 5.42. The Morgan fingerprint density at radius 2 is 1.82 bits per heavy atom. The Morgan fingerprint density at radius 1 is 1.09 bits per heavy atom. The van der Waals surface area contributed by atoms with Crippen molar-refractivity contribution in [2.75, 3.05) is 5.32 Å². The van der Waals surface area contributed by atoms with Crippen LogP contribution in [0, 0.1) is 0 Å². The van der Waals surface area contributed by atoms with Gasteiger partial charge >= 0.3 is 6.18 Å². The fraction of sp³-hybridized carbons (Fsp3) is 0.0667. The Morgan fingerprint density at radius 3 is 2.55 bits per heavy atom. The van der Waals surface area contributed by atoms with Gasteiger partial charge < -0.3 is 0 Å². The van der Waals surface area contributed by atoms with Crippen molar-refractivity contribution in [1.82, 2.24) is 4.98 Å². The topological polar surface area (TPSA) is 42.0 Å². The third-order valence-corrected chi connectivity index (χ3v) is 3.81. The summed E-state index contributed by atoms with van der Waals surface area (Å²) in [5.74, 6) is -0.486. The molecule has 22 heavy (non-hydrogen) atoms. The van der Waals surface area contributed by atoms with Crippen LogP contribution >= 0.6 is 11.3 Å². The molecule has 0 bridgehead atoms. The molecule has 3 nitrogen and oxygen atoms in total. The largest absolute Gasteiger partial charge is 0.434 e. The molecular weight excluding hydrogens is 313 g/mol. The number of thiazole rings is 1. The predicted molar refractivity (Wildman–Crippen MR) is 79.0 cm³/mol. The lowest BCUT2D eigenvalue weighted by molar-refractivity contribution is -0.140. The van der Waals surface area contributed by atoms with Crippen molar-refractivity contribution in [2.24, 2.45) is 0 Å². The van der Waals surface area contributed by atoms with Crippen LogP contribution in [-0.2, 0) is 6.18 Å². The number of hydrogen-bond acceptors (Lipinski definition) is 3. The fourth-order valence-corrected chi connectivity index (χ4v) is 2.76. The van der Waals surface area contributed by atoms with Crippen LogP contribution in [0.25, 0.3) is 10.8 Å². The number of alkyl halides is 3. The molecule has 1 amide bonds. The molecule has 0 atom stereocenters. The van der Waals surface area contributed by atoms with Crippen LogP contribution in [0.3, 0.4) is 0 Å². The number of nitrogens with zero attached hydrogens (tertiary/aromatic N) is 1. The normalized spacial score (nSPS) is 11.6. The van der Waals surface area contributed by atoms with Crippen molar-refractivity contribution < 1.29 is 18.0 Å². The molecule has 3 rings (SSSR count). The molecular formula is C15H9F3N2OS. The summed E-state index contributed by atoms with van der Waals surface area (Å²) in [6, 6.07) is 12.5. The maximum absolute atomic E-state index is 12.5. The molecule has 0 unspecified atom stereocenters. The first kappa shape index (κ1) is 14.5. The third-order valence-electron chi connectivity index (χ3n) is 3.05. The maximum atomic E-state index is 12.5. The number of carbonyl (C=O) groups is 1. The first-order valence-electron chi connectivity index (χ1n) is 6.27. The van der Waals surface area contributed by atoms with Gasteiger partial charge in [-0.3, -0.25) is 10.1 Å². The van der Waals surface area contributed by atoms with Crippen molar-refractivity contribution >= 4 is 33.1 Å². The predicted octanol–water partition coefficient (Wildman–Crippen LogP) is 4.57. The molecule has 0 fully saturated rings. The molecule has 0 aliphatic heterocycles. The van der Waals surface area contributed by atoms with Crippen LogP contribution in [0.4, 0.5) is 18.3 Å². The van der Waals surface area contributed by atoms with E-state index in [-0.39, 0.29) is 5.13 Å². The lowest BCUT2D eigenvalue weighted by Gasteiger charge is -2.06. The number of rotatable bonds is 2. The van der Waals surface area contributed by atoms with E-state index in [1.807, 2.05) is 18.2 Å². The molecule has 0 spiro atoms. The van der Waals surface area contributed by atoms with Crippen LogP contribution in [-0.4, -0.2) is 10.9 Å². The molecule has 0 aliphatic rings. The Bertz CT molecular complexity index is 837. The van der Waals surface area contributed by atoms with Crippen LogP contribution in [0.1, 0.15) is 16.1 Å². The first-order chi connectivity index (χ1) is 10.4. The molecule has 0 aliphatic carbocycles. The van der Waals surface area contributed by atoms with Gasteiger partial charge in [0.25, 0.3) is 5.91 Å². The quantitative estimate of drug-likeness (QED) is 0.751. The lowest BCUT2D eigenvalue weighted by atomic mass is 10.0. The van der Waals surface area contributed by atoms with Crippen molar-refractivity contribution in [3.8, 4) is 0 Å². The maximum Gasteiger partial charge on any atom is 0.434 e. The van der Waals surface area contributed by atoms with Gasteiger partial charge in [0, 0.05) is 10.9 Å². The van der Waals surface area contributed by atoms with Crippen molar-refractivity contribution in [3.63, 3.8) is 0 Å². The number of carbonyl (C=O) groups excluding carboxylic acids is 1. The van der Waals surface area contributed by atoms with Crippen LogP contribution in [0.2, 0.25) is 0 Å². The summed E-state index contributed by atoms with van der Waals surface area (Å²) < 4.78 is 37.5. The van der Waals surface area contributed by atoms with E-state index in [4.69, 9.17) is 0 Å². The molecule has 1 aromatic heterocycles. The van der Waals surface area contributed by atoms with Gasteiger partial charge in [0.15, 0.2) is 10.8 Å². The van der Waals surface area contributed by atoms with Gasteiger partial charge in [-0.2, -0.15) is 13.2 Å². The minimum atomic E-state index is -4.51. The van der Waals surface area contributed by atoms with Crippen molar-refractivity contribution in [2.45, 2.75) is 6.18 Å². The number of halogens is 3. The van der Waals surface area contributed by atoms with E-state index in [1.165, 1.54) is 0 Å². The Balaban J connectivity index is 1.89.